The van der Waals surface area contributed by atoms with Crippen molar-refractivity contribution in [2.75, 3.05) is 0 Å². The fourth-order valence-corrected chi connectivity index (χ4v) is 5.80. The molecule has 0 aromatic rings. The molecule has 5 rings (SSSR count). The summed E-state index contributed by atoms with van der Waals surface area (Å²) in [5.41, 5.74) is 0.389. The van der Waals surface area contributed by atoms with Crippen LogP contribution in [0.2, 0.25) is 0 Å². The van der Waals surface area contributed by atoms with E-state index in [-0.39, 0.29) is 6.10 Å². The topological polar surface area (TPSA) is 20.2 Å². The molecule has 0 saturated heterocycles. The quantitative estimate of drug-likeness (QED) is 0.756. The molecule has 5 fully saturated rings. The largest absolute Gasteiger partial charge is 0.392 e. The molecule has 0 amide bonds. The highest BCUT2D eigenvalue weighted by molar-refractivity contribution is 5.06. The Morgan fingerprint density at radius 2 is 1.38 bits per heavy atom. The summed E-state index contributed by atoms with van der Waals surface area (Å²) in [7, 11) is 0. The number of aliphatic hydroxyl groups is 1. The number of rotatable bonds is 2. The Kier molecular flexibility index (Phi) is 2.02. The maximum absolute atomic E-state index is 10.7. The summed E-state index contributed by atoms with van der Waals surface area (Å²) in [6.45, 7) is 0. The van der Waals surface area contributed by atoms with Crippen LogP contribution in [0.15, 0.2) is 0 Å². The molecule has 0 spiro atoms. The minimum absolute atomic E-state index is 0.0645. The van der Waals surface area contributed by atoms with Crippen LogP contribution in [0.1, 0.15) is 57.8 Å². The maximum atomic E-state index is 10.7. The average molecular weight is 220 g/mol. The molecular formula is C15H24O. The molecule has 0 aromatic carbocycles. The molecule has 1 atom stereocenters. The summed E-state index contributed by atoms with van der Waals surface area (Å²) in [4.78, 5) is 0. The van der Waals surface area contributed by atoms with Gasteiger partial charge in [-0.05, 0) is 80.5 Å². The summed E-state index contributed by atoms with van der Waals surface area (Å²) >= 11 is 0. The van der Waals surface area contributed by atoms with Gasteiger partial charge in [0.15, 0.2) is 0 Å². The first-order valence-electron chi connectivity index (χ1n) is 7.43. The monoisotopic (exact) mass is 220 g/mol. The van der Waals surface area contributed by atoms with Gasteiger partial charge in [0.25, 0.3) is 0 Å². The van der Waals surface area contributed by atoms with Crippen LogP contribution in [0.5, 0.6) is 0 Å². The first kappa shape index (κ1) is 9.94. The summed E-state index contributed by atoms with van der Waals surface area (Å²) in [5, 5.41) is 10.7. The second-order valence-corrected chi connectivity index (χ2v) is 7.42. The molecule has 90 valence electrons. The van der Waals surface area contributed by atoms with E-state index in [0.717, 1.165) is 17.8 Å². The van der Waals surface area contributed by atoms with Crippen LogP contribution >= 0.6 is 0 Å². The SMILES string of the molecule is OC(C1CCC1)C12CC3CC(CC(C3)C1)C2. The third kappa shape index (κ3) is 1.27. The van der Waals surface area contributed by atoms with Crippen molar-refractivity contribution in [3.8, 4) is 0 Å². The standard InChI is InChI=1S/C15H24O/c16-14(13-2-1-3-13)15-7-10-4-11(8-15)6-12(5-10)9-15/h10-14,16H,1-9H2. The number of aliphatic hydroxyl groups excluding tert-OH is 1. The second-order valence-electron chi connectivity index (χ2n) is 7.42. The van der Waals surface area contributed by atoms with Gasteiger partial charge in [0.05, 0.1) is 6.10 Å². The number of hydrogen-bond acceptors (Lipinski definition) is 1. The third-order valence-electron chi connectivity index (χ3n) is 6.31. The van der Waals surface area contributed by atoms with Crippen LogP contribution < -0.4 is 0 Å². The molecule has 5 saturated carbocycles. The molecule has 0 aliphatic heterocycles. The van der Waals surface area contributed by atoms with Crippen LogP contribution in [0, 0.1) is 29.1 Å². The summed E-state index contributed by atoms with van der Waals surface area (Å²) in [6, 6.07) is 0. The molecule has 5 aliphatic rings. The summed E-state index contributed by atoms with van der Waals surface area (Å²) in [5.74, 6) is 3.64. The highest BCUT2D eigenvalue weighted by Gasteiger charge is 2.55. The van der Waals surface area contributed by atoms with Gasteiger partial charge < -0.3 is 5.11 Å². The molecule has 0 heterocycles. The minimum atomic E-state index is 0.0645. The summed E-state index contributed by atoms with van der Waals surface area (Å²) < 4.78 is 0. The van der Waals surface area contributed by atoms with Crippen molar-refractivity contribution < 1.29 is 5.11 Å². The van der Waals surface area contributed by atoms with Crippen LogP contribution in [0.25, 0.3) is 0 Å². The molecule has 5 aliphatic carbocycles. The van der Waals surface area contributed by atoms with Crippen LogP contribution in [0.3, 0.4) is 0 Å². The zero-order valence-corrected chi connectivity index (χ0v) is 10.2. The molecule has 16 heavy (non-hydrogen) atoms. The lowest BCUT2D eigenvalue weighted by Gasteiger charge is -2.60. The van der Waals surface area contributed by atoms with Crippen molar-refractivity contribution in [2.24, 2.45) is 29.1 Å². The van der Waals surface area contributed by atoms with Crippen molar-refractivity contribution >= 4 is 0 Å². The Balaban J connectivity index is 1.60. The van der Waals surface area contributed by atoms with Gasteiger partial charge in [-0.25, -0.2) is 0 Å². The van der Waals surface area contributed by atoms with Gasteiger partial charge in [0, 0.05) is 0 Å². The molecule has 0 aromatic heterocycles. The molecule has 4 bridgehead atoms. The van der Waals surface area contributed by atoms with Crippen LogP contribution in [-0.2, 0) is 0 Å². The highest BCUT2D eigenvalue weighted by Crippen LogP contribution is 2.62. The fraction of sp³-hybridized carbons (Fsp3) is 1.00. The second kappa shape index (κ2) is 3.25. The summed E-state index contributed by atoms with van der Waals surface area (Å²) in [6.07, 6.45) is 12.7. The van der Waals surface area contributed by atoms with E-state index in [4.69, 9.17) is 0 Å². The molecule has 1 heteroatoms. The lowest BCUT2D eigenvalue weighted by Crippen LogP contribution is -2.54. The van der Waals surface area contributed by atoms with E-state index in [2.05, 4.69) is 0 Å². The van der Waals surface area contributed by atoms with Gasteiger partial charge in [-0.3, -0.25) is 0 Å². The van der Waals surface area contributed by atoms with E-state index in [1.54, 1.807) is 0 Å². The van der Waals surface area contributed by atoms with Crippen LogP contribution in [0.4, 0.5) is 0 Å². The zero-order chi connectivity index (χ0) is 10.8. The lowest BCUT2D eigenvalue weighted by atomic mass is 9.46. The third-order valence-corrected chi connectivity index (χ3v) is 6.31. The van der Waals surface area contributed by atoms with Crippen molar-refractivity contribution in [2.45, 2.75) is 63.9 Å². The fourth-order valence-electron chi connectivity index (χ4n) is 5.80. The van der Waals surface area contributed by atoms with E-state index in [0.29, 0.717) is 11.3 Å². The maximum Gasteiger partial charge on any atom is 0.0624 e. The molecule has 0 radical (unpaired) electrons. The Morgan fingerprint density at radius 3 is 1.75 bits per heavy atom. The zero-order valence-electron chi connectivity index (χ0n) is 10.2. The van der Waals surface area contributed by atoms with Crippen LogP contribution in [-0.4, -0.2) is 11.2 Å². The van der Waals surface area contributed by atoms with Crippen molar-refractivity contribution in [3.05, 3.63) is 0 Å². The van der Waals surface area contributed by atoms with E-state index in [1.165, 1.54) is 57.8 Å². The minimum Gasteiger partial charge on any atom is -0.392 e. The Labute approximate surface area is 98.6 Å². The Morgan fingerprint density at radius 1 is 0.875 bits per heavy atom. The first-order chi connectivity index (χ1) is 7.75. The van der Waals surface area contributed by atoms with Gasteiger partial charge in [0.2, 0.25) is 0 Å². The van der Waals surface area contributed by atoms with Crippen molar-refractivity contribution in [3.63, 3.8) is 0 Å². The van der Waals surface area contributed by atoms with Gasteiger partial charge >= 0.3 is 0 Å². The molecular weight excluding hydrogens is 196 g/mol. The normalized spacial score (nSPS) is 52.7. The van der Waals surface area contributed by atoms with Gasteiger partial charge in [-0.15, -0.1) is 0 Å². The van der Waals surface area contributed by atoms with E-state index < -0.39 is 0 Å². The number of hydrogen-bond donors (Lipinski definition) is 1. The van der Waals surface area contributed by atoms with Gasteiger partial charge in [-0.2, -0.15) is 0 Å². The Hall–Kier alpha value is -0.0400. The first-order valence-corrected chi connectivity index (χ1v) is 7.43. The van der Waals surface area contributed by atoms with E-state index in [1.807, 2.05) is 0 Å². The van der Waals surface area contributed by atoms with E-state index in [9.17, 15) is 5.11 Å². The molecule has 1 nitrogen and oxygen atoms in total. The lowest BCUT2D eigenvalue weighted by molar-refractivity contribution is -0.147. The van der Waals surface area contributed by atoms with Gasteiger partial charge in [0.1, 0.15) is 0 Å². The highest BCUT2D eigenvalue weighted by atomic mass is 16.3. The van der Waals surface area contributed by atoms with E-state index >= 15 is 0 Å². The average Bonchev–Trinajstić information content (AvgIpc) is 2.12. The smallest absolute Gasteiger partial charge is 0.0624 e. The predicted molar refractivity (Wildman–Crippen MR) is 64.0 cm³/mol. The Bertz CT molecular complexity index is 257. The van der Waals surface area contributed by atoms with Crippen molar-refractivity contribution in [1.29, 1.82) is 0 Å². The predicted octanol–water partition coefficient (Wildman–Crippen LogP) is 3.36. The van der Waals surface area contributed by atoms with Crippen molar-refractivity contribution in [1.82, 2.24) is 0 Å². The molecule has 1 N–H and O–H groups in total. The van der Waals surface area contributed by atoms with Gasteiger partial charge in [-0.1, -0.05) is 6.42 Å². The molecule has 1 unspecified atom stereocenters.